The smallest absolute Gasteiger partial charge is 0.339 e. The van der Waals surface area contributed by atoms with Gasteiger partial charge in [0.15, 0.2) is 0 Å². The Kier molecular flexibility index (Phi) is 6.20. The van der Waals surface area contributed by atoms with Crippen LogP contribution < -0.4 is 10.9 Å². The molecule has 3 aromatic rings. The van der Waals surface area contributed by atoms with Gasteiger partial charge in [-0.3, -0.25) is 9.59 Å². The lowest BCUT2D eigenvalue weighted by atomic mass is 10.1. The molecule has 0 atom stereocenters. The van der Waals surface area contributed by atoms with Gasteiger partial charge < -0.3 is 19.7 Å². The number of rotatable bonds is 6. The van der Waals surface area contributed by atoms with Gasteiger partial charge in [-0.05, 0) is 36.6 Å². The maximum atomic E-state index is 13.2. The fourth-order valence-corrected chi connectivity index (χ4v) is 3.27. The number of ether oxygens (including phenoxy) is 1. The summed E-state index contributed by atoms with van der Waals surface area (Å²) in [4.78, 5) is 38.2. The summed E-state index contributed by atoms with van der Waals surface area (Å²) in [5.41, 5.74) is -0.0482. The van der Waals surface area contributed by atoms with Crippen molar-refractivity contribution in [3.05, 3.63) is 70.0 Å². The first-order valence-electron chi connectivity index (χ1n) is 9.68. The molecule has 1 amide bonds. The zero-order valence-corrected chi connectivity index (χ0v) is 17.1. The highest BCUT2D eigenvalue weighted by atomic mass is 16.5. The van der Waals surface area contributed by atoms with Crippen molar-refractivity contribution >= 4 is 28.5 Å². The van der Waals surface area contributed by atoms with E-state index < -0.39 is 17.4 Å². The molecule has 0 bridgehead atoms. The molecule has 1 aromatic heterocycles. The summed E-state index contributed by atoms with van der Waals surface area (Å²) >= 11 is 0. The first-order valence-corrected chi connectivity index (χ1v) is 9.68. The van der Waals surface area contributed by atoms with Gasteiger partial charge in [-0.25, -0.2) is 4.79 Å². The van der Waals surface area contributed by atoms with E-state index in [0.717, 1.165) is 6.42 Å². The molecule has 7 heteroatoms. The third-order valence-electron chi connectivity index (χ3n) is 4.88. The van der Waals surface area contributed by atoms with Crippen molar-refractivity contribution < 1.29 is 19.4 Å². The molecule has 0 saturated carbocycles. The Morgan fingerprint density at radius 2 is 1.77 bits per heavy atom. The van der Waals surface area contributed by atoms with Crippen molar-refractivity contribution in [2.45, 2.75) is 26.8 Å². The van der Waals surface area contributed by atoms with Gasteiger partial charge >= 0.3 is 5.97 Å². The molecule has 30 heavy (non-hydrogen) atoms. The number of carbonyl (C=O) groups excluding carboxylic acids is 2. The van der Waals surface area contributed by atoms with Gasteiger partial charge in [0, 0.05) is 11.9 Å². The fraction of sp³-hybridized carbons (Fsp3) is 0.261. The Hall–Kier alpha value is -3.61. The third-order valence-corrected chi connectivity index (χ3v) is 4.88. The normalized spacial score (nSPS) is 10.9. The molecule has 2 N–H and O–H groups in total. The number of aromatic hydroxyl groups is 1. The van der Waals surface area contributed by atoms with Crippen LogP contribution in [0.5, 0.6) is 5.75 Å². The molecule has 2 aromatic carbocycles. The Balaban J connectivity index is 2.11. The highest BCUT2D eigenvalue weighted by molar-refractivity contribution is 6.11. The molecule has 3 rings (SSSR count). The van der Waals surface area contributed by atoms with Gasteiger partial charge in [-0.2, -0.15) is 0 Å². The predicted molar refractivity (Wildman–Crippen MR) is 115 cm³/mol. The van der Waals surface area contributed by atoms with Crippen LogP contribution in [0.15, 0.2) is 53.3 Å². The maximum absolute atomic E-state index is 13.2. The summed E-state index contributed by atoms with van der Waals surface area (Å²) in [6.07, 6.45) is 0.737. The molecule has 0 aliphatic rings. The number of amides is 1. The molecule has 0 spiro atoms. The monoisotopic (exact) mass is 408 g/mol. The van der Waals surface area contributed by atoms with E-state index in [4.69, 9.17) is 4.74 Å². The topological polar surface area (TPSA) is 97.6 Å². The van der Waals surface area contributed by atoms with Crippen molar-refractivity contribution in [3.8, 4) is 5.75 Å². The number of nitrogens with one attached hydrogen (secondary N) is 1. The molecule has 0 radical (unpaired) electrons. The highest BCUT2D eigenvalue weighted by Gasteiger charge is 2.23. The minimum atomic E-state index is -0.794. The van der Waals surface area contributed by atoms with E-state index in [-0.39, 0.29) is 22.6 Å². The van der Waals surface area contributed by atoms with Gasteiger partial charge in [0.2, 0.25) is 0 Å². The summed E-state index contributed by atoms with van der Waals surface area (Å²) in [5.74, 6) is -1.45. The average molecular weight is 408 g/mol. The van der Waals surface area contributed by atoms with Crippen LogP contribution in [0.1, 0.15) is 41.0 Å². The first kappa shape index (κ1) is 21.1. The van der Waals surface area contributed by atoms with Crippen LogP contribution in [0.4, 0.5) is 5.69 Å². The SMILES string of the molecule is COC(=O)c1ccccc1NC(=O)c1c(O)c2ccccc2n(CCC(C)C)c1=O. The van der Waals surface area contributed by atoms with Crippen LogP contribution in [0, 0.1) is 5.92 Å². The van der Waals surface area contributed by atoms with E-state index in [1.165, 1.54) is 23.8 Å². The van der Waals surface area contributed by atoms with E-state index >= 15 is 0 Å². The van der Waals surface area contributed by atoms with Crippen LogP contribution in [-0.2, 0) is 11.3 Å². The van der Waals surface area contributed by atoms with Gasteiger partial charge in [-0.1, -0.05) is 38.1 Å². The number of anilines is 1. The van der Waals surface area contributed by atoms with Crippen LogP contribution in [-0.4, -0.2) is 28.7 Å². The number of aryl methyl sites for hydroxylation is 1. The van der Waals surface area contributed by atoms with Crippen molar-refractivity contribution in [1.82, 2.24) is 4.57 Å². The molecular weight excluding hydrogens is 384 g/mol. The molecule has 0 unspecified atom stereocenters. The van der Waals surface area contributed by atoms with Gasteiger partial charge in [0.1, 0.15) is 11.3 Å². The third kappa shape index (κ3) is 4.05. The fourth-order valence-electron chi connectivity index (χ4n) is 3.27. The van der Waals surface area contributed by atoms with Crippen molar-refractivity contribution in [2.24, 2.45) is 5.92 Å². The van der Waals surface area contributed by atoms with E-state index in [1.807, 2.05) is 13.8 Å². The number of benzene rings is 2. The van der Waals surface area contributed by atoms with Crippen molar-refractivity contribution in [2.75, 3.05) is 12.4 Å². The van der Waals surface area contributed by atoms with E-state index in [2.05, 4.69) is 5.32 Å². The lowest BCUT2D eigenvalue weighted by Gasteiger charge is -2.16. The largest absolute Gasteiger partial charge is 0.506 e. The molecule has 7 nitrogen and oxygen atoms in total. The Morgan fingerprint density at radius 3 is 2.47 bits per heavy atom. The molecule has 0 saturated heterocycles. The Labute approximate surface area is 173 Å². The lowest BCUT2D eigenvalue weighted by Crippen LogP contribution is -2.30. The number of esters is 1. The standard InChI is InChI=1S/C23H24N2O5/c1-14(2)12-13-25-18-11-7-5-9-16(18)20(26)19(22(25)28)21(27)24-17-10-6-4-8-15(17)23(29)30-3/h4-11,14,26H,12-13H2,1-3H3,(H,24,27). The second-order valence-corrected chi connectivity index (χ2v) is 7.37. The van der Waals surface area contributed by atoms with Crippen LogP contribution >= 0.6 is 0 Å². The summed E-state index contributed by atoms with van der Waals surface area (Å²) in [6, 6.07) is 13.2. The summed E-state index contributed by atoms with van der Waals surface area (Å²) in [6.45, 7) is 4.51. The number of methoxy groups -OCH3 is 1. The summed E-state index contributed by atoms with van der Waals surface area (Å²) in [7, 11) is 1.24. The van der Waals surface area contributed by atoms with E-state index in [9.17, 15) is 19.5 Å². The molecule has 156 valence electrons. The molecule has 1 heterocycles. The van der Waals surface area contributed by atoms with Gasteiger partial charge in [0.25, 0.3) is 11.5 Å². The average Bonchev–Trinajstić information content (AvgIpc) is 2.73. The predicted octanol–water partition coefficient (Wildman–Crippen LogP) is 3.79. The number of aromatic nitrogens is 1. The Morgan fingerprint density at radius 1 is 1.10 bits per heavy atom. The number of fused-ring (bicyclic) bond motifs is 1. The van der Waals surface area contributed by atoms with E-state index in [0.29, 0.717) is 23.4 Å². The molecule has 0 aliphatic carbocycles. The summed E-state index contributed by atoms with van der Waals surface area (Å²) < 4.78 is 6.25. The summed E-state index contributed by atoms with van der Waals surface area (Å²) in [5, 5.41) is 13.7. The minimum absolute atomic E-state index is 0.147. The van der Waals surface area contributed by atoms with Crippen LogP contribution in [0.2, 0.25) is 0 Å². The van der Waals surface area contributed by atoms with Gasteiger partial charge in [0.05, 0.1) is 23.9 Å². The molecule has 0 fully saturated rings. The zero-order valence-electron chi connectivity index (χ0n) is 17.1. The zero-order chi connectivity index (χ0) is 21.8. The van der Waals surface area contributed by atoms with Gasteiger partial charge in [-0.15, -0.1) is 0 Å². The maximum Gasteiger partial charge on any atom is 0.339 e. The number of carbonyl (C=O) groups is 2. The molecule has 0 aliphatic heterocycles. The number of hydrogen-bond acceptors (Lipinski definition) is 5. The number of hydrogen-bond donors (Lipinski definition) is 2. The number of nitrogens with zero attached hydrogens (tertiary/aromatic N) is 1. The molecular formula is C23H24N2O5. The quantitative estimate of drug-likeness (QED) is 0.605. The van der Waals surface area contributed by atoms with Crippen molar-refractivity contribution in [1.29, 1.82) is 0 Å². The lowest BCUT2D eigenvalue weighted by molar-refractivity contribution is 0.0602. The number of para-hydroxylation sites is 2. The van der Waals surface area contributed by atoms with E-state index in [1.54, 1.807) is 36.4 Å². The van der Waals surface area contributed by atoms with Crippen LogP contribution in [0.25, 0.3) is 10.9 Å². The second kappa shape index (κ2) is 8.82. The van der Waals surface area contributed by atoms with Crippen molar-refractivity contribution in [3.63, 3.8) is 0 Å². The second-order valence-electron chi connectivity index (χ2n) is 7.37. The minimum Gasteiger partial charge on any atom is -0.506 e. The number of pyridine rings is 1. The first-order chi connectivity index (χ1) is 14.3. The van der Waals surface area contributed by atoms with Crippen LogP contribution in [0.3, 0.4) is 0 Å². The Bertz CT molecular complexity index is 1160. The highest BCUT2D eigenvalue weighted by Crippen LogP contribution is 2.27.